The van der Waals surface area contributed by atoms with Crippen molar-refractivity contribution in [2.24, 2.45) is 4.99 Å². The predicted molar refractivity (Wildman–Crippen MR) is 129 cm³/mol. The van der Waals surface area contributed by atoms with E-state index >= 15 is 0 Å². The standard InChI is InChI=1S/C24H41N5O3/c1-18-15-29(11-12-31-18)16-20-10-8-9-19(13-20)14-26-21(25-7)27-17-24(5,6)28-22(30)32-23(2,3)4/h8-10,13,18H,11-12,14-17H2,1-7H3,(H,28,30)(H2,25,26,27). The van der Waals surface area contributed by atoms with Crippen molar-refractivity contribution in [3.05, 3.63) is 35.4 Å². The third-order valence-corrected chi connectivity index (χ3v) is 4.94. The van der Waals surface area contributed by atoms with Gasteiger partial charge < -0.3 is 25.4 Å². The fourth-order valence-electron chi connectivity index (χ4n) is 3.47. The molecule has 0 saturated carbocycles. The third-order valence-electron chi connectivity index (χ3n) is 4.94. The highest BCUT2D eigenvalue weighted by Crippen LogP contribution is 2.12. The Morgan fingerprint density at radius 3 is 2.59 bits per heavy atom. The first-order valence-corrected chi connectivity index (χ1v) is 11.3. The highest BCUT2D eigenvalue weighted by molar-refractivity contribution is 5.79. The van der Waals surface area contributed by atoms with Crippen LogP contribution in [0.5, 0.6) is 0 Å². The summed E-state index contributed by atoms with van der Waals surface area (Å²) in [6, 6.07) is 8.61. The van der Waals surface area contributed by atoms with Gasteiger partial charge in [0.05, 0.1) is 18.2 Å². The predicted octanol–water partition coefficient (Wildman–Crippen LogP) is 2.88. The van der Waals surface area contributed by atoms with E-state index in [1.165, 1.54) is 11.1 Å². The first-order chi connectivity index (χ1) is 15.0. The zero-order valence-electron chi connectivity index (χ0n) is 20.7. The molecule has 1 fully saturated rings. The number of hydrogen-bond acceptors (Lipinski definition) is 5. The smallest absolute Gasteiger partial charge is 0.408 e. The molecule has 8 nitrogen and oxygen atoms in total. The van der Waals surface area contributed by atoms with Gasteiger partial charge in [-0.1, -0.05) is 24.3 Å². The molecule has 1 aromatic rings. The third kappa shape index (κ3) is 9.87. The first-order valence-electron chi connectivity index (χ1n) is 11.3. The fourth-order valence-corrected chi connectivity index (χ4v) is 3.47. The molecule has 1 atom stereocenters. The van der Waals surface area contributed by atoms with Gasteiger partial charge in [0.2, 0.25) is 0 Å². The topological polar surface area (TPSA) is 87.2 Å². The summed E-state index contributed by atoms with van der Waals surface area (Å²) in [5.41, 5.74) is 1.46. The Kier molecular flexibility index (Phi) is 9.33. The van der Waals surface area contributed by atoms with Crippen molar-refractivity contribution in [1.82, 2.24) is 20.9 Å². The van der Waals surface area contributed by atoms with Crippen molar-refractivity contribution in [1.29, 1.82) is 0 Å². The van der Waals surface area contributed by atoms with E-state index in [-0.39, 0.29) is 6.10 Å². The van der Waals surface area contributed by atoms with Crippen LogP contribution in [0.3, 0.4) is 0 Å². The lowest BCUT2D eigenvalue weighted by Gasteiger charge is -2.31. The van der Waals surface area contributed by atoms with Gasteiger partial charge in [-0.3, -0.25) is 9.89 Å². The highest BCUT2D eigenvalue weighted by atomic mass is 16.6. The number of rotatable bonds is 7. The van der Waals surface area contributed by atoms with Crippen LogP contribution < -0.4 is 16.0 Å². The van der Waals surface area contributed by atoms with Gasteiger partial charge in [-0.15, -0.1) is 0 Å². The molecule has 1 unspecified atom stereocenters. The summed E-state index contributed by atoms with van der Waals surface area (Å²) in [4.78, 5) is 18.8. The van der Waals surface area contributed by atoms with E-state index in [1.807, 2.05) is 34.6 Å². The lowest BCUT2D eigenvalue weighted by atomic mass is 10.1. The largest absolute Gasteiger partial charge is 0.444 e. The summed E-state index contributed by atoms with van der Waals surface area (Å²) in [7, 11) is 1.74. The van der Waals surface area contributed by atoms with Crippen LogP contribution in [0.4, 0.5) is 4.79 Å². The number of alkyl carbamates (subject to hydrolysis) is 1. The molecule has 0 spiro atoms. The van der Waals surface area contributed by atoms with Crippen molar-refractivity contribution >= 4 is 12.1 Å². The number of guanidine groups is 1. The average Bonchev–Trinajstić information content (AvgIpc) is 2.66. The molecular weight excluding hydrogens is 406 g/mol. The van der Waals surface area contributed by atoms with E-state index in [0.717, 1.165) is 26.2 Å². The number of aliphatic imine (C=N–C) groups is 1. The van der Waals surface area contributed by atoms with Gasteiger partial charge in [0, 0.05) is 39.8 Å². The Bertz CT molecular complexity index is 773. The molecule has 0 bridgehead atoms. The van der Waals surface area contributed by atoms with E-state index in [0.29, 0.717) is 19.0 Å². The number of carbonyl (C=O) groups excluding carboxylic acids is 1. The minimum Gasteiger partial charge on any atom is -0.444 e. The number of nitrogens with zero attached hydrogens (tertiary/aromatic N) is 2. The van der Waals surface area contributed by atoms with E-state index in [4.69, 9.17) is 9.47 Å². The number of morpholine rings is 1. The summed E-state index contributed by atoms with van der Waals surface area (Å²) in [6.07, 6.45) is -0.143. The molecule has 1 amide bonds. The van der Waals surface area contributed by atoms with Crippen LogP contribution in [0.15, 0.2) is 29.3 Å². The number of amides is 1. The molecule has 0 aliphatic carbocycles. The summed E-state index contributed by atoms with van der Waals surface area (Å²) in [6.45, 7) is 16.4. The van der Waals surface area contributed by atoms with Gasteiger partial charge >= 0.3 is 6.09 Å². The van der Waals surface area contributed by atoms with E-state index in [2.05, 4.69) is 57.0 Å². The molecule has 1 saturated heterocycles. The summed E-state index contributed by atoms with van der Waals surface area (Å²) in [5.74, 6) is 0.677. The molecule has 2 rings (SSSR count). The molecule has 1 aromatic carbocycles. The fraction of sp³-hybridized carbons (Fsp3) is 0.667. The molecule has 1 aliphatic rings. The zero-order chi connectivity index (χ0) is 23.8. The summed E-state index contributed by atoms with van der Waals surface area (Å²) in [5, 5.41) is 9.52. The van der Waals surface area contributed by atoms with Gasteiger partial charge in [-0.05, 0) is 52.7 Å². The first kappa shape index (κ1) is 25.9. The quantitative estimate of drug-likeness (QED) is 0.440. The minimum atomic E-state index is -0.528. The molecule has 0 aromatic heterocycles. The van der Waals surface area contributed by atoms with Crippen LogP contribution in [0.1, 0.15) is 52.7 Å². The number of benzene rings is 1. The van der Waals surface area contributed by atoms with Crippen LogP contribution in [-0.2, 0) is 22.6 Å². The normalized spacial score (nSPS) is 18.2. The van der Waals surface area contributed by atoms with E-state index < -0.39 is 17.2 Å². The number of nitrogens with one attached hydrogen (secondary N) is 3. The van der Waals surface area contributed by atoms with Crippen LogP contribution in [0.2, 0.25) is 0 Å². The van der Waals surface area contributed by atoms with Crippen LogP contribution in [0, 0.1) is 0 Å². The van der Waals surface area contributed by atoms with Gasteiger partial charge in [0.25, 0.3) is 0 Å². The molecule has 180 valence electrons. The molecule has 1 aliphatic heterocycles. The molecule has 8 heteroatoms. The maximum Gasteiger partial charge on any atom is 0.408 e. The highest BCUT2D eigenvalue weighted by Gasteiger charge is 2.24. The second kappa shape index (κ2) is 11.5. The monoisotopic (exact) mass is 447 g/mol. The molecule has 0 radical (unpaired) electrons. The Labute approximate surface area is 193 Å². The Morgan fingerprint density at radius 1 is 1.22 bits per heavy atom. The molecule has 1 heterocycles. The Hall–Kier alpha value is -2.32. The summed E-state index contributed by atoms with van der Waals surface area (Å²) < 4.78 is 11.0. The zero-order valence-corrected chi connectivity index (χ0v) is 20.7. The minimum absolute atomic E-state index is 0.289. The van der Waals surface area contributed by atoms with Crippen molar-refractivity contribution in [3.8, 4) is 0 Å². The lowest BCUT2D eigenvalue weighted by molar-refractivity contribution is -0.0212. The second-order valence-electron chi connectivity index (χ2n) is 10.0. The van der Waals surface area contributed by atoms with Crippen molar-refractivity contribution in [2.45, 2.75) is 71.9 Å². The maximum absolute atomic E-state index is 12.1. The number of carbonyl (C=O) groups is 1. The van der Waals surface area contributed by atoms with E-state index in [9.17, 15) is 4.79 Å². The lowest BCUT2D eigenvalue weighted by Crippen LogP contribution is -2.54. The van der Waals surface area contributed by atoms with E-state index in [1.54, 1.807) is 7.05 Å². The van der Waals surface area contributed by atoms with Crippen LogP contribution >= 0.6 is 0 Å². The van der Waals surface area contributed by atoms with Gasteiger partial charge in [0.15, 0.2) is 5.96 Å². The Morgan fingerprint density at radius 2 is 1.94 bits per heavy atom. The van der Waals surface area contributed by atoms with Crippen molar-refractivity contribution in [3.63, 3.8) is 0 Å². The SMILES string of the molecule is CN=C(NCc1cccc(CN2CCOC(C)C2)c1)NCC(C)(C)NC(=O)OC(C)(C)C. The van der Waals surface area contributed by atoms with Gasteiger partial charge in [-0.2, -0.15) is 0 Å². The Balaban J connectivity index is 1.82. The number of hydrogen-bond donors (Lipinski definition) is 3. The molecule has 3 N–H and O–H groups in total. The second-order valence-corrected chi connectivity index (χ2v) is 10.0. The van der Waals surface area contributed by atoms with Crippen molar-refractivity contribution < 1.29 is 14.3 Å². The van der Waals surface area contributed by atoms with Crippen LogP contribution in [0.25, 0.3) is 0 Å². The van der Waals surface area contributed by atoms with Crippen LogP contribution in [-0.4, -0.2) is 67.5 Å². The molecule has 32 heavy (non-hydrogen) atoms. The molecular formula is C24H41N5O3. The maximum atomic E-state index is 12.1. The average molecular weight is 448 g/mol. The summed E-state index contributed by atoms with van der Waals surface area (Å²) >= 11 is 0. The van der Waals surface area contributed by atoms with Gasteiger partial charge in [-0.25, -0.2) is 4.79 Å². The van der Waals surface area contributed by atoms with Crippen molar-refractivity contribution in [2.75, 3.05) is 33.3 Å². The van der Waals surface area contributed by atoms with Gasteiger partial charge in [0.1, 0.15) is 5.60 Å². The number of ether oxygens (including phenoxy) is 2.